The molecule has 1 fully saturated rings. The Morgan fingerprint density at radius 2 is 1.90 bits per heavy atom. The molecule has 0 radical (unpaired) electrons. The van der Waals surface area contributed by atoms with E-state index in [0.29, 0.717) is 24.9 Å². The van der Waals surface area contributed by atoms with E-state index in [1.165, 1.54) is 5.56 Å². The van der Waals surface area contributed by atoms with Gasteiger partial charge in [-0.2, -0.15) is 0 Å². The Balaban J connectivity index is 1.44. The number of nitrogens with one attached hydrogen (secondary N) is 1. The highest BCUT2D eigenvalue weighted by molar-refractivity contribution is 5.78. The van der Waals surface area contributed by atoms with Crippen LogP contribution in [0.4, 0.5) is 0 Å². The maximum atomic E-state index is 12.4. The number of hydrogen-bond acceptors (Lipinski definition) is 6. The zero-order valence-corrected chi connectivity index (χ0v) is 18.6. The first-order valence-electron chi connectivity index (χ1n) is 11.0. The van der Waals surface area contributed by atoms with Crippen molar-refractivity contribution < 1.29 is 13.9 Å². The number of amides is 1. The molecule has 1 aliphatic rings. The van der Waals surface area contributed by atoms with E-state index in [1.54, 1.807) is 0 Å². The summed E-state index contributed by atoms with van der Waals surface area (Å²) in [5.41, 5.74) is 2.13. The van der Waals surface area contributed by atoms with Gasteiger partial charge in [0.1, 0.15) is 0 Å². The number of benzene rings is 1. The fraction of sp³-hybridized carbons (Fsp3) is 0.609. The summed E-state index contributed by atoms with van der Waals surface area (Å²) in [7, 11) is 0. The smallest absolute Gasteiger partial charge is 0.247 e. The number of likely N-dealkylation sites (tertiary alicyclic amines) is 1. The Labute approximate surface area is 179 Å². The molecule has 1 atom stereocenters. The first-order valence-corrected chi connectivity index (χ1v) is 11.0. The highest BCUT2D eigenvalue weighted by Gasteiger charge is 2.29. The zero-order chi connectivity index (χ0) is 21.5. The Morgan fingerprint density at radius 1 is 1.20 bits per heavy atom. The summed E-state index contributed by atoms with van der Waals surface area (Å²) in [6.07, 6.45) is 2.77. The van der Waals surface area contributed by atoms with Crippen LogP contribution in [-0.4, -0.2) is 53.3 Å². The number of nitrogens with zero attached hydrogens (tertiary/aromatic N) is 3. The van der Waals surface area contributed by atoms with Crippen molar-refractivity contribution in [3.05, 3.63) is 35.7 Å². The van der Waals surface area contributed by atoms with Crippen LogP contribution in [0.1, 0.15) is 57.5 Å². The predicted octanol–water partition coefficient (Wildman–Crippen LogP) is 3.75. The lowest BCUT2D eigenvalue weighted by Crippen LogP contribution is -2.41. The van der Waals surface area contributed by atoms with E-state index in [1.807, 2.05) is 38.1 Å². The summed E-state index contributed by atoms with van der Waals surface area (Å²) in [6, 6.07) is 8.10. The molecule has 1 amide bonds. The normalized spacial score (nSPS) is 16.7. The second-order valence-electron chi connectivity index (χ2n) is 8.36. The summed E-state index contributed by atoms with van der Waals surface area (Å²) < 4.78 is 11.4. The number of rotatable bonds is 9. The summed E-state index contributed by atoms with van der Waals surface area (Å²) in [5, 5.41) is 11.5. The summed E-state index contributed by atoms with van der Waals surface area (Å²) >= 11 is 0. The van der Waals surface area contributed by atoms with Crippen LogP contribution in [0, 0.1) is 12.8 Å². The zero-order valence-electron chi connectivity index (χ0n) is 18.6. The number of carbonyl (C=O) groups is 1. The third-order valence-electron chi connectivity index (χ3n) is 5.62. The number of aromatic nitrogens is 2. The average Bonchev–Trinajstić information content (AvgIpc) is 3.23. The highest BCUT2D eigenvalue weighted by atomic mass is 16.5. The molecule has 0 bridgehead atoms. The molecule has 1 N–H and O–H groups in total. The number of piperidine rings is 1. The van der Waals surface area contributed by atoms with Crippen molar-refractivity contribution in [2.24, 2.45) is 5.92 Å². The van der Waals surface area contributed by atoms with Crippen LogP contribution in [0.2, 0.25) is 0 Å². The predicted molar refractivity (Wildman–Crippen MR) is 116 cm³/mol. The molecular weight excluding hydrogens is 380 g/mol. The highest BCUT2D eigenvalue weighted by Crippen LogP contribution is 2.28. The van der Waals surface area contributed by atoms with Crippen molar-refractivity contribution >= 4 is 5.91 Å². The summed E-state index contributed by atoms with van der Waals surface area (Å²) in [6.45, 7) is 11.2. The molecule has 1 unspecified atom stereocenters. The molecule has 3 rings (SSSR count). The third kappa shape index (κ3) is 6.12. The van der Waals surface area contributed by atoms with Gasteiger partial charge in [0.15, 0.2) is 0 Å². The number of carbonyl (C=O) groups excluding carboxylic acids is 1. The van der Waals surface area contributed by atoms with Gasteiger partial charge < -0.3 is 14.5 Å². The average molecular weight is 415 g/mol. The maximum absolute atomic E-state index is 12.4. The van der Waals surface area contributed by atoms with Gasteiger partial charge in [0.25, 0.3) is 0 Å². The van der Waals surface area contributed by atoms with Crippen LogP contribution >= 0.6 is 0 Å². The Morgan fingerprint density at radius 3 is 2.57 bits per heavy atom. The van der Waals surface area contributed by atoms with Crippen LogP contribution in [0.25, 0.3) is 11.5 Å². The molecule has 7 nitrogen and oxygen atoms in total. The van der Waals surface area contributed by atoms with E-state index in [-0.39, 0.29) is 24.0 Å². The molecule has 7 heteroatoms. The standard InChI is InChI=1S/C23H34N4O3/c1-16(2)29-15-5-12-24-21(28)19-10-13-27(14-11-19)18(4)22-25-26-23(30-22)20-8-6-17(3)7-9-20/h6-9,16,18-19H,5,10-15H2,1-4H3,(H,24,28). The van der Waals surface area contributed by atoms with E-state index in [4.69, 9.17) is 9.15 Å². The first kappa shape index (κ1) is 22.4. The van der Waals surface area contributed by atoms with E-state index in [2.05, 4.69) is 34.3 Å². The minimum atomic E-state index is 0.0360. The van der Waals surface area contributed by atoms with Crippen molar-refractivity contribution in [2.75, 3.05) is 26.2 Å². The van der Waals surface area contributed by atoms with Crippen molar-refractivity contribution in [3.8, 4) is 11.5 Å². The van der Waals surface area contributed by atoms with Crippen molar-refractivity contribution in [2.45, 2.75) is 59.1 Å². The van der Waals surface area contributed by atoms with Crippen LogP contribution in [0.5, 0.6) is 0 Å². The van der Waals surface area contributed by atoms with E-state index in [9.17, 15) is 4.79 Å². The van der Waals surface area contributed by atoms with Gasteiger partial charge in [-0.15, -0.1) is 10.2 Å². The van der Waals surface area contributed by atoms with Gasteiger partial charge in [-0.05, 0) is 72.2 Å². The van der Waals surface area contributed by atoms with Gasteiger partial charge >= 0.3 is 0 Å². The molecular formula is C23H34N4O3. The van der Waals surface area contributed by atoms with Gasteiger partial charge in [-0.25, -0.2) is 0 Å². The molecule has 1 aliphatic heterocycles. The second kappa shape index (κ2) is 10.7. The van der Waals surface area contributed by atoms with Crippen LogP contribution in [-0.2, 0) is 9.53 Å². The number of ether oxygens (including phenoxy) is 1. The maximum Gasteiger partial charge on any atom is 0.247 e. The van der Waals surface area contributed by atoms with Crippen LogP contribution in [0.3, 0.4) is 0 Å². The fourth-order valence-electron chi connectivity index (χ4n) is 3.67. The first-order chi connectivity index (χ1) is 14.4. The lowest BCUT2D eigenvalue weighted by atomic mass is 9.95. The molecule has 0 saturated carbocycles. The fourth-order valence-corrected chi connectivity index (χ4v) is 3.67. The minimum Gasteiger partial charge on any atom is -0.419 e. The lowest BCUT2D eigenvalue weighted by molar-refractivity contribution is -0.126. The topological polar surface area (TPSA) is 80.5 Å². The van der Waals surface area contributed by atoms with Gasteiger partial charge in [0.2, 0.25) is 17.7 Å². The van der Waals surface area contributed by atoms with Gasteiger partial charge in [-0.3, -0.25) is 9.69 Å². The van der Waals surface area contributed by atoms with E-state index in [0.717, 1.165) is 37.9 Å². The molecule has 30 heavy (non-hydrogen) atoms. The Hall–Kier alpha value is -2.25. The third-order valence-corrected chi connectivity index (χ3v) is 5.62. The van der Waals surface area contributed by atoms with Crippen molar-refractivity contribution in [1.82, 2.24) is 20.4 Å². The largest absolute Gasteiger partial charge is 0.419 e. The summed E-state index contributed by atoms with van der Waals surface area (Å²) in [5.74, 6) is 1.41. The molecule has 164 valence electrons. The van der Waals surface area contributed by atoms with E-state index >= 15 is 0 Å². The molecule has 2 aromatic rings. The lowest BCUT2D eigenvalue weighted by Gasteiger charge is -2.34. The number of hydrogen-bond donors (Lipinski definition) is 1. The Bertz CT molecular complexity index is 795. The SMILES string of the molecule is Cc1ccc(-c2nnc(C(C)N3CCC(C(=O)NCCCOC(C)C)CC3)o2)cc1. The van der Waals surface area contributed by atoms with E-state index < -0.39 is 0 Å². The molecule has 1 aromatic heterocycles. The summed E-state index contributed by atoms with van der Waals surface area (Å²) in [4.78, 5) is 14.7. The molecule has 2 heterocycles. The van der Waals surface area contributed by atoms with Crippen molar-refractivity contribution in [1.29, 1.82) is 0 Å². The second-order valence-corrected chi connectivity index (χ2v) is 8.36. The van der Waals surface area contributed by atoms with Crippen LogP contribution < -0.4 is 5.32 Å². The molecule has 1 saturated heterocycles. The van der Waals surface area contributed by atoms with Gasteiger partial charge in [-0.1, -0.05) is 17.7 Å². The molecule has 0 spiro atoms. The molecule has 1 aromatic carbocycles. The minimum absolute atomic E-state index is 0.0360. The monoisotopic (exact) mass is 414 g/mol. The van der Waals surface area contributed by atoms with Crippen molar-refractivity contribution in [3.63, 3.8) is 0 Å². The van der Waals surface area contributed by atoms with Gasteiger partial charge in [0.05, 0.1) is 12.1 Å². The molecule has 0 aliphatic carbocycles. The van der Waals surface area contributed by atoms with Gasteiger partial charge in [0, 0.05) is 24.6 Å². The van der Waals surface area contributed by atoms with Crippen LogP contribution in [0.15, 0.2) is 28.7 Å². The number of aryl methyl sites for hydroxylation is 1. The Kier molecular flexibility index (Phi) is 7.99. The quantitative estimate of drug-likeness (QED) is 0.630.